The van der Waals surface area contributed by atoms with Gasteiger partial charge in [-0.15, -0.1) is 0 Å². The normalized spacial score (nSPS) is 18.4. The van der Waals surface area contributed by atoms with Crippen LogP contribution in [0.1, 0.15) is 18.1 Å². The molecule has 1 saturated heterocycles. The second kappa shape index (κ2) is 7.95. The number of halogens is 1. The molecule has 1 N–H and O–H groups in total. The standard InChI is InChI=1S/C22H24ClN3O3/c1-14-9-18(5-6-19(14)23)26-8-7-25(13-15(26)2)21(27)12-24-17-4-3-16-10-22(28)29-20(16)11-17/h3-6,9,11,15,24H,7-8,10,12-13H2,1-2H3/t15-/m1/s1. The number of hydrogen-bond donors (Lipinski definition) is 1. The third-order valence-electron chi connectivity index (χ3n) is 5.52. The molecule has 6 nitrogen and oxygen atoms in total. The molecule has 0 spiro atoms. The summed E-state index contributed by atoms with van der Waals surface area (Å²) in [5, 5.41) is 3.91. The summed E-state index contributed by atoms with van der Waals surface area (Å²) in [5.74, 6) is 0.394. The molecule has 2 aromatic carbocycles. The number of ether oxygens (including phenoxy) is 1. The molecule has 4 rings (SSSR count). The molecule has 7 heteroatoms. The summed E-state index contributed by atoms with van der Waals surface area (Å²) >= 11 is 6.14. The molecule has 2 aliphatic rings. The monoisotopic (exact) mass is 413 g/mol. The second-order valence-electron chi connectivity index (χ2n) is 7.64. The largest absolute Gasteiger partial charge is 0.426 e. The Hall–Kier alpha value is -2.73. The van der Waals surface area contributed by atoms with Crippen LogP contribution in [0.5, 0.6) is 5.75 Å². The quantitative estimate of drug-likeness (QED) is 0.615. The lowest BCUT2D eigenvalue weighted by Gasteiger charge is -2.41. The number of hydrogen-bond acceptors (Lipinski definition) is 5. The van der Waals surface area contributed by atoms with Crippen LogP contribution in [0.4, 0.5) is 11.4 Å². The number of nitrogens with one attached hydrogen (secondary N) is 1. The topological polar surface area (TPSA) is 61.9 Å². The van der Waals surface area contributed by atoms with Crippen molar-refractivity contribution in [3.05, 3.63) is 52.5 Å². The van der Waals surface area contributed by atoms with E-state index in [1.165, 1.54) is 0 Å². The number of amides is 1. The Morgan fingerprint density at radius 2 is 2.07 bits per heavy atom. The number of aryl methyl sites for hydroxylation is 1. The Bertz CT molecular complexity index is 962. The van der Waals surface area contributed by atoms with Crippen molar-refractivity contribution in [2.24, 2.45) is 0 Å². The maximum Gasteiger partial charge on any atom is 0.315 e. The van der Waals surface area contributed by atoms with Crippen molar-refractivity contribution in [3.63, 3.8) is 0 Å². The first-order valence-electron chi connectivity index (χ1n) is 9.79. The van der Waals surface area contributed by atoms with E-state index in [4.69, 9.17) is 16.3 Å². The Morgan fingerprint density at radius 1 is 1.24 bits per heavy atom. The third-order valence-corrected chi connectivity index (χ3v) is 5.95. The van der Waals surface area contributed by atoms with E-state index in [0.717, 1.165) is 34.1 Å². The molecule has 0 aliphatic carbocycles. The van der Waals surface area contributed by atoms with Gasteiger partial charge in [0.15, 0.2) is 0 Å². The molecule has 0 radical (unpaired) electrons. The van der Waals surface area contributed by atoms with E-state index in [2.05, 4.69) is 23.2 Å². The van der Waals surface area contributed by atoms with Gasteiger partial charge < -0.3 is 19.9 Å². The Morgan fingerprint density at radius 3 is 2.83 bits per heavy atom. The van der Waals surface area contributed by atoms with E-state index in [9.17, 15) is 9.59 Å². The lowest BCUT2D eigenvalue weighted by atomic mass is 10.1. The molecule has 0 unspecified atom stereocenters. The number of nitrogens with zero attached hydrogens (tertiary/aromatic N) is 2. The van der Waals surface area contributed by atoms with Gasteiger partial charge in [0.1, 0.15) is 5.75 Å². The van der Waals surface area contributed by atoms with Crippen molar-refractivity contribution in [1.82, 2.24) is 4.90 Å². The predicted molar refractivity (Wildman–Crippen MR) is 114 cm³/mol. The molecule has 1 fully saturated rings. The summed E-state index contributed by atoms with van der Waals surface area (Å²) < 4.78 is 5.17. The Labute approximate surface area is 175 Å². The number of rotatable bonds is 4. The first-order chi connectivity index (χ1) is 13.9. The van der Waals surface area contributed by atoms with Gasteiger partial charge >= 0.3 is 5.97 Å². The maximum absolute atomic E-state index is 12.7. The van der Waals surface area contributed by atoms with Crippen molar-refractivity contribution >= 4 is 34.9 Å². The van der Waals surface area contributed by atoms with Crippen LogP contribution in [0.25, 0.3) is 0 Å². The second-order valence-corrected chi connectivity index (χ2v) is 8.05. The minimum Gasteiger partial charge on any atom is -0.426 e. The number of benzene rings is 2. The number of piperazine rings is 1. The molecule has 29 heavy (non-hydrogen) atoms. The third kappa shape index (κ3) is 4.17. The van der Waals surface area contributed by atoms with Crippen molar-refractivity contribution < 1.29 is 14.3 Å². The van der Waals surface area contributed by atoms with Crippen LogP contribution in [0.3, 0.4) is 0 Å². The van der Waals surface area contributed by atoms with Crippen molar-refractivity contribution in [3.8, 4) is 5.75 Å². The highest BCUT2D eigenvalue weighted by Gasteiger charge is 2.27. The molecule has 1 atom stereocenters. The summed E-state index contributed by atoms with van der Waals surface area (Å²) in [6.07, 6.45) is 0.309. The average Bonchev–Trinajstić information content (AvgIpc) is 3.07. The summed E-state index contributed by atoms with van der Waals surface area (Å²) in [6, 6.07) is 11.8. The molecule has 1 amide bonds. The highest BCUT2D eigenvalue weighted by molar-refractivity contribution is 6.31. The zero-order valence-electron chi connectivity index (χ0n) is 16.6. The van der Waals surface area contributed by atoms with E-state index in [0.29, 0.717) is 25.3 Å². The van der Waals surface area contributed by atoms with Crippen molar-refractivity contribution in [1.29, 1.82) is 0 Å². The summed E-state index contributed by atoms with van der Waals surface area (Å²) in [5.41, 5.74) is 3.85. The van der Waals surface area contributed by atoms with Gasteiger partial charge in [0, 0.05) is 53.7 Å². The average molecular weight is 414 g/mol. The number of esters is 1. The van der Waals surface area contributed by atoms with Crippen LogP contribution in [-0.2, 0) is 16.0 Å². The summed E-state index contributed by atoms with van der Waals surface area (Å²) in [7, 11) is 0. The van der Waals surface area contributed by atoms with Crippen LogP contribution in [0, 0.1) is 6.92 Å². The minimum absolute atomic E-state index is 0.0567. The molecule has 2 aliphatic heterocycles. The van der Waals surface area contributed by atoms with Crippen LogP contribution in [0.2, 0.25) is 5.02 Å². The highest BCUT2D eigenvalue weighted by atomic mass is 35.5. The van der Waals surface area contributed by atoms with Gasteiger partial charge in [-0.25, -0.2) is 0 Å². The Kier molecular flexibility index (Phi) is 5.37. The molecule has 152 valence electrons. The maximum atomic E-state index is 12.7. The molecule has 0 aromatic heterocycles. The minimum atomic E-state index is -0.240. The van der Waals surface area contributed by atoms with Gasteiger partial charge in [0.05, 0.1) is 13.0 Å². The summed E-state index contributed by atoms with van der Waals surface area (Å²) in [4.78, 5) is 28.3. The fourth-order valence-corrected chi connectivity index (χ4v) is 4.00. The molecular formula is C22H24ClN3O3. The number of carbonyl (C=O) groups excluding carboxylic acids is 2. The number of carbonyl (C=O) groups is 2. The predicted octanol–water partition coefficient (Wildman–Crippen LogP) is 3.26. The van der Waals surface area contributed by atoms with E-state index < -0.39 is 0 Å². The number of anilines is 2. The van der Waals surface area contributed by atoms with Gasteiger partial charge in [0.2, 0.25) is 5.91 Å². The molecule has 2 heterocycles. The lowest BCUT2D eigenvalue weighted by Crippen LogP contribution is -2.54. The van der Waals surface area contributed by atoms with Crippen LogP contribution in [-0.4, -0.2) is 49.0 Å². The molecule has 0 saturated carbocycles. The van der Waals surface area contributed by atoms with Gasteiger partial charge in [-0.05, 0) is 43.7 Å². The molecular weight excluding hydrogens is 390 g/mol. The fraction of sp³-hybridized carbons (Fsp3) is 0.364. The molecule has 2 aromatic rings. The number of fused-ring (bicyclic) bond motifs is 1. The molecule has 0 bridgehead atoms. The first-order valence-corrected chi connectivity index (χ1v) is 10.2. The summed E-state index contributed by atoms with van der Waals surface area (Å²) in [6.45, 7) is 6.47. The van der Waals surface area contributed by atoms with E-state index in [1.54, 1.807) is 6.07 Å². The van der Waals surface area contributed by atoms with Crippen LogP contribution >= 0.6 is 11.6 Å². The van der Waals surface area contributed by atoms with Gasteiger partial charge in [-0.3, -0.25) is 9.59 Å². The van der Waals surface area contributed by atoms with Gasteiger partial charge in [-0.2, -0.15) is 0 Å². The first kappa shape index (κ1) is 19.6. The fourth-order valence-electron chi connectivity index (χ4n) is 3.88. The van der Waals surface area contributed by atoms with Crippen molar-refractivity contribution in [2.45, 2.75) is 26.3 Å². The van der Waals surface area contributed by atoms with Crippen molar-refractivity contribution in [2.75, 3.05) is 36.4 Å². The van der Waals surface area contributed by atoms with E-state index in [1.807, 2.05) is 36.1 Å². The smallest absolute Gasteiger partial charge is 0.315 e. The SMILES string of the molecule is Cc1cc(N2CCN(C(=O)CNc3ccc4c(c3)OC(=O)C4)C[C@H]2C)ccc1Cl. The van der Waals surface area contributed by atoms with Crippen LogP contribution < -0.4 is 15.0 Å². The van der Waals surface area contributed by atoms with E-state index >= 15 is 0 Å². The van der Waals surface area contributed by atoms with E-state index in [-0.39, 0.29) is 24.5 Å². The van der Waals surface area contributed by atoms with Gasteiger partial charge in [-0.1, -0.05) is 17.7 Å². The van der Waals surface area contributed by atoms with Crippen LogP contribution in [0.15, 0.2) is 36.4 Å². The zero-order valence-corrected chi connectivity index (χ0v) is 17.3. The van der Waals surface area contributed by atoms with Gasteiger partial charge in [0.25, 0.3) is 0 Å². The zero-order chi connectivity index (χ0) is 20.5. The Balaban J connectivity index is 1.33. The highest BCUT2D eigenvalue weighted by Crippen LogP contribution is 2.29. The lowest BCUT2D eigenvalue weighted by molar-refractivity contribution is -0.132.